The highest BCUT2D eigenvalue weighted by atomic mass is 32.2. The fourth-order valence-corrected chi connectivity index (χ4v) is 4.01. The van der Waals surface area contributed by atoms with Gasteiger partial charge in [0.2, 0.25) is 0 Å². The molecule has 3 N–H and O–H groups in total. The van der Waals surface area contributed by atoms with Crippen molar-refractivity contribution in [3.8, 4) is 11.1 Å². The summed E-state index contributed by atoms with van der Waals surface area (Å²) in [6.07, 6.45) is 0. The second-order valence-electron chi connectivity index (χ2n) is 6.57. The van der Waals surface area contributed by atoms with E-state index in [4.69, 9.17) is 5.11 Å². The molecular formula is C23H22O4S. The number of carboxylic acids is 1. The van der Waals surface area contributed by atoms with Gasteiger partial charge in [-0.3, -0.25) is 0 Å². The maximum absolute atomic E-state index is 11.1. The largest absolute Gasteiger partial charge is 0.478 e. The van der Waals surface area contributed by atoms with Crippen molar-refractivity contribution in [2.75, 3.05) is 0 Å². The molecule has 0 aliphatic heterocycles. The molecule has 0 saturated heterocycles. The predicted molar refractivity (Wildman–Crippen MR) is 111 cm³/mol. The van der Waals surface area contributed by atoms with Crippen molar-refractivity contribution in [2.24, 2.45) is 0 Å². The second kappa shape index (κ2) is 9.06. The molecule has 5 heteroatoms. The zero-order valence-corrected chi connectivity index (χ0v) is 16.4. The lowest BCUT2D eigenvalue weighted by atomic mass is 9.98. The lowest BCUT2D eigenvalue weighted by molar-refractivity contribution is 0.0697. The zero-order chi connectivity index (χ0) is 20.1. The number of rotatable bonds is 7. The van der Waals surface area contributed by atoms with Crippen LogP contribution in [0.4, 0.5) is 0 Å². The summed E-state index contributed by atoms with van der Waals surface area (Å²) in [4.78, 5) is 12.2. The van der Waals surface area contributed by atoms with Gasteiger partial charge in [0, 0.05) is 10.6 Å². The van der Waals surface area contributed by atoms with Crippen LogP contribution < -0.4 is 0 Å². The van der Waals surface area contributed by atoms with Gasteiger partial charge in [0.25, 0.3) is 0 Å². The van der Waals surface area contributed by atoms with E-state index in [0.29, 0.717) is 0 Å². The SMILES string of the molecule is Cc1cc(C(=O)O)ccc1-c1cccc(SCc2ccc(CO)c(CO)c2)c1. The van der Waals surface area contributed by atoms with Gasteiger partial charge < -0.3 is 15.3 Å². The normalized spacial score (nSPS) is 10.8. The fraction of sp³-hybridized carbons (Fsp3) is 0.174. The first-order valence-corrected chi connectivity index (χ1v) is 9.90. The summed E-state index contributed by atoms with van der Waals surface area (Å²) in [5.41, 5.74) is 5.86. The maximum atomic E-state index is 11.1. The van der Waals surface area contributed by atoms with Crippen molar-refractivity contribution in [1.82, 2.24) is 0 Å². The molecule has 0 spiro atoms. The summed E-state index contributed by atoms with van der Waals surface area (Å²) >= 11 is 1.69. The number of hydrogen-bond acceptors (Lipinski definition) is 4. The van der Waals surface area contributed by atoms with E-state index in [1.165, 1.54) is 0 Å². The summed E-state index contributed by atoms with van der Waals surface area (Å²) in [6, 6.07) is 19.1. The molecule has 0 amide bonds. The number of hydrogen-bond donors (Lipinski definition) is 3. The molecule has 0 bridgehead atoms. The molecule has 0 aliphatic carbocycles. The molecule has 4 nitrogen and oxygen atoms in total. The van der Waals surface area contributed by atoms with Crippen LogP contribution in [0.2, 0.25) is 0 Å². The summed E-state index contributed by atoms with van der Waals surface area (Å²) < 4.78 is 0. The van der Waals surface area contributed by atoms with Crippen molar-refractivity contribution >= 4 is 17.7 Å². The Morgan fingerprint density at radius 2 is 1.71 bits per heavy atom. The van der Waals surface area contributed by atoms with Gasteiger partial charge in [-0.25, -0.2) is 4.79 Å². The van der Waals surface area contributed by atoms with Gasteiger partial charge in [-0.1, -0.05) is 36.4 Å². The van der Waals surface area contributed by atoms with Crippen LogP contribution in [-0.4, -0.2) is 21.3 Å². The van der Waals surface area contributed by atoms with Crippen LogP contribution in [0.3, 0.4) is 0 Å². The van der Waals surface area contributed by atoms with E-state index in [1.807, 2.05) is 49.4 Å². The monoisotopic (exact) mass is 394 g/mol. The molecule has 0 unspecified atom stereocenters. The number of aliphatic hydroxyl groups is 2. The molecule has 0 fully saturated rings. The Hall–Kier alpha value is -2.60. The lowest BCUT2D eigenvalue weighted by Crippen LogP contribution is -1.97. The van der Waals surface area contributed by atoms with Gasteiger partial charge in [0.1, 0.15) is 0 Å². The van der Waals surface area contributed by atoms with E-state index in [1.54, 1.807) is 23.9 Å². The molecule has 3 rings (SSSR count). The van der Waals surface area contributed by atoms with Crippen molar-refractivity contribution in [2.45, 2.75) is 30.8 Å². The van der Waals surface area contributed by atoms with Crippen LogP contribution in [0.25, 0.3) is 11.1 Å². The minimum atomic E-state index is -0.923. The highest BCUT2D eigenvalue weighted by molar-refractivity contribution is 7.98. The summed E-state index contributed by atoms with van der Waals surface area (Å²) in [5, 5.41) is 27.9. The van der Waals surface area contributed by atoms with Gasteiger partial charge in [-0.15, -0.1) is 11.8 Å². The molecule has 28 heavy (non-hydrogen) atoms. The van der Waals surface area contributed by atoms with Gasteiger partial charge >= 0.3 is 5.97 Å². The molecule has 3 aromatic carbocycles. The van der Waals surface area contributed by atoms with Crippen LogP contribution in [0.5, 0.6) is 0 Å². The molecule has 0 aliphatic rings. The van der Waals surface area contributed by atoms with Crippen molar-refractivity contribution < 1.29 is 20.1 Å². The number of aromatic carboxylic acids is 1. The van der Waals surface area contributed by atoms with Crippen LogP contribution in [-0.2, 0) is 19.0 Å². The molecule has 144 valence electrons. The summed E-state index contributed by atoms with van der Waals surface area (Å²) in [5.74, 6) is -0.174. The first kappa shape index (κ1) is 20.1. The Morgan fingerprint density at radius 1 is 0.929 bits per heavy atom. The third-order valence-corrected chi connectivity index (χ3v) is 5.70. The number of carboxylic acid groups (broad SMARTS) is 1. The molecule has 0 atom stereocenters. The smallest absolute Gasteiger partial charge is 0.335 e. The van der Waals surface area contributed by atoms with Crippen LogP contribution in [0, 0.1) is 6.92 Å². The van der Waals surface area contributed by atoms with Gasteiger partial charge in [0.05, 0.1) is 18.8 Å². The standard InChI is InChI=1S/C23H22O4S/c1-15-9-18(23(26)27)7-8-22(15)17-3-2-4-21(11-17)28-14-16-5-6-19(12-24)20(10-16)13-25/h2-11,24-25H,12-14H2,1H3,(H,26,27). The minimum absolute atomic E-state index is 0.0780. The number of benzene rings is 3. The fourth-order valence-electron chi connectivity index (χ4n) is 3.11. The van der Waals surface area contributed by atoms with Gasteiger partial charge in [0.15, 0.2) is 0 Å². The average Bonchev–Trinajstić information content (AvgIpc) is 2.72. The van der Waals surface area contributed by atoms with Gasteiger partial charge in [-0.2, -0.15) is 0 Å². The van der Waals surface area contributed by atoms with E-state index in [0.717, 1.165) is 44.0 Å². The van der Waals surface area contributed by atoms with Gasteiger partial charge in [-0.05, 0) is 64.6 Å². The van der Waals surface area contributed by atoms with E-state index in [-0.39, 0.29) is 18.8 Å². The Bertz CT molecular complexity index is 998. The third-order valence-electron chi connectivity index (χ3n) is 4.64. The number of aliphatic hydroxyl groups excluding tert-OH is 2. The van der Waals surface area contributed by atoms with E-state index in [9.17, 15) is 15.0 Å². The highest BCUT2D eigenvalue weighted by Crippen LogP contribution is 2.30. The van der Waals surface area contributed by atoms with Crippen molar-refractivity contribution in [3.63, 3.8) is 0 Å². The topological polar surface area (TPSA) is 77.8 Å². The Labute approximate surface area is 168 Å². The quantitative estimate of drug-likeness (QED) is 0.509. The second-order valence-corrected chi connectivity index (χ2v) is 7.62. The molecule has 0 saturated carbocycles. The summed E-state index contributed by atoms with van der Waals surface area (Å²) in [6.45, 7) is 1.75. The molecule has 0 aromatic heterocycles. The minimum Gasteiger partial charge on any atom is -0.478 e. The predicted octanol–water partition coefficient (Wildman–Crippen LogP) is 4.64. The van der Waals surface area contributed by atoms with E-state index in [2.05, 4.69) is 6.07 Å². The molecule has 0 heterocycles. The Morgan fingerprint density at radius 3 is 2.39 bits per heavy atom. The Balaban J connectivity index is 1.78. The number of thioether (sulfide) groups is 1. The summed E-state index contributed by atoms with van der Waals surface area (Å²) in [7, 11) is 0. The van der Waals surface area contributed by atoms with Crippen molar-refractivity contribution in [3.05, 3.63) is 88.5 Å². The van der Waals surface area contributed by atoms with E-state index >= 15 is 0 Å². The van der Waals surface area contributed by atoms with Crippen molar-refractivity contribution in [1.29, 1.82) is 0 Å². The average molecular weight is 394 g/mol. The first-order chi connectivity index (χ1) is 13.5. The Kier molecular flexibility index (Phi) is 6.52. The maximum Gasteiger partial charge on any atom is 0.335 e. The number of carbonyl (C=O) groups is 1. The third kappa shape index (κ3) is 4.62. The first-order valence-electron chi connectivity index (χ1n) is 8.91. The zero-order valence-electron chi connectivity index (χ0n) is 15.6. The lowest BCUT2D eigenvalue weighted by Gasteiger charge is -2.10. The van der Waals surface area contributed by atoms with Crippen LogP contribution in [0.1, 0.15) is 32.6 Å². The molecule has 3 aromatic rings. The number of aryl methyl sites for hydroxylation is 1. The highest BCUT2D eigenvalue weighted by Gasteiger charge is 2.09. The van der Waals surface area contributed by atoms with Crippen LogP contribution in [0.15, 0.2) is 65.6 Å². The van der Waals surface area contributed by atoms with E-state index < -0.39 is 5.97 Å². The van der Waals surface area contributed by atoms with Crippen LogP contribution >= 0.6 is 11.8 Å². The molecule has 0 radical (unpaired) electrons. The molecular weight excluding hydrogens is 372 g/mol.